The number of hydrogen-bond donors (Lipinski definition) is 0. The molecular weight excluding hydrogens is 193 g/mol. The van der Waals surface area contributed by atoms with Gasteiger partial charge in [0.05, 0.1) is 0 Å². The summed E-state index contributed by atoms with van der Waals surface area (Å²) in [6, 6.07) is 0. The number of alkyl halides is 3. The van der Waals surface area contributed by atoms with Crippen molar-refractivity contribution in [2.75, 3.05) is 0 Å². The van der Waals surface area contributed by atoms with Crippen LogP contribution in [0.25, 0.3) is 0 Å². The van der Waals surface area contributed by atoms with Gasteiger partial charge in [-0.3, -0.25) is 0 Å². The summed E-state index contributed by atoms with van der Waals surface area (Å²) in [5.41, 5.74) is 0.928. The molecule has 0 bridgehead atoms. The third kappa shape index (κ3) is 6.34. The zero-order valence-corrected chi connectivity index (χ0v) is 8.19. The third-order valence-electron chi connectivity index (χ3n) is 1.51. The Balaban J connectivity index is 4.19. The van der Waals surface area contributed by atoms with Crippen molar-refractivity contribution < 1.29 is 17.9 Å². The molecule has 0 aromatic carbocycles. The Kier molecular flexibility index (Phi) is 5.05. The molecule has 0 fully saturated rings. The molecule has 0 aliphatic carbocycles. The van der Waals surface area contributed by atoms with Crippen LogP contribution in [-0.2, 0) is 4.74 Å². The normalized spacial score (nSPS) is 13.4. The standard InChI is InChI=1S/C10H13F3O/c1-4-9(5-2)7-6-8(3)14-10(11,12)13/h4,6-7H,3,5H2,1-2H3/b7-6-,9-4-. The van der Waals surface area contributed by atoms with E-state index in [1.807, 2.05) is 19.9 Å². The van der Waals surface area contributed by atoms with E-state index in [1.54, 1.807) is 6.08 Å². The molecule has 0 aliphatic rings. The third-order valence-corrected chi connectivity index (χ3v) is 1.51. The van der Waals surface area contributed by atoms with Gasteiger partial charge in [-0.25, -0.2) is 0 Å². The van der Waals surface area contributed by atoms with Crippen molar-refractivity contribution in [3.8, 4) is 0 Å². The SMILES string of the molecule is C=C(/C=C\C(=C/C)CC)OC(F)(F)F. The van der Waals surface area contributed by atoms with Gasteiger partial charge in [-0.2, -0.15) is 0 Å². The van der Waals surface area contributed by atoms with Gasteiger partial charge in [0.15, 0.2) is 0 Å². The maximum atomic E-state index is 11.7. The van der Waals surface area contributed by atoms with E-state index in [9.17, 15) is 13.2 Å². The van der Waals surface area contributed by atoms with Crippen molar-refractivity contribution in [2.45, 2.75) is 26.6 Å². The molecule has 0 unspecified atom stereocenters. The van der Waals surface area contributed by atoms with Crippen molar-refractivity contribution in [1.29, 1.82) is 0 Å². The van der Waals surface area contributed by atoms with Crippen molar-refractivity contribution in [3.05, 3.63) is 36.1 Å². The first-order valence-electron chi connectivity index (χ1n) is 4.17. The van der Waals surface area contributed by atoms with Crippen LogP contribution in [-0.4, -0.2) is 6.36 Å². The van der Waals surface area contributed by atoms with Crippen LogP contribution in [0.1, 0.15) is 20.3 Å². The molecule has 0 saturated carbocycles. The van der Waals surface area contributed by atoms with Crippen LogP contribution in [0.2, 0.25) is 0 Å². The minimum atomic E-state index is -4.66. The zero-order valence-electron chi connectivity index (χ0n) is 8.19. The Labute approximate surface area is 81.6 Å². The Morgan fingerprint density at radius 2 is 1.93 bits per heavy atom. The predicted octanol–water partition coefficient (Wildman–Crippen LogP) is 3.95. The topological polar surface area (TPSA) is 9.23 Å². The quantitative estimate of drug-likeness (QED) is 0.500. The summed E-state index contributed by atoms with van der Waals surface area (Å²) in [5, 5.41) is 0. The molecular formula is C10H13F3O. The molecule has 0 atom stereocenters. The summed E-state index contributed by atoms with van der Waals surface area (Å²) < 4.78 is 38.6. The van der Waals surface area contributed by atoms with Gasteiger partial charge in [-0.15, -0.1) is 13.2 Å². The van der Waals surface area contributed by atoms with Crippen LogP contribution in [0.4, 0.5) is 13.2 Å². The average molecular weight is 206 g/mol. The largest absolute Gasteiger partial charge is 0.573 e. The van der Waals surface area contributed by atoms with Gasteiger partial charge in [0.25, 0.3) is 0 Å². The first-order valence-corrected chi connectivity index (χ1v) is 4.17. The van der Waals surface area contributed by atoms with Gasteiger partial charge < -0.3 is 4.74 Å². The van der Waals surface area contributed by atoms with E-state index in [1.165, 1.54) is 6.08 Å². The highest BCUT2D eigenvalue weighted by atomic mass is 19.4. The fraction of sp³-hybridized carbons (Fsp3) is 0.400. The molecule has 80 valence electrons. The predicted molar refractivity (Wildman–Crippen MR) is 49.5 cm³/mol. The Morgan fingerprint density at radius 1 is 1.36 bits per heavy atom. The molecule has 0 aliphatic heterocycles. The molecule has 0 heterocycles. The lowest BCUT2D eigenvalue weighted by atomic mass is 10.2. The summed E-state index contributed by atoms with van der Waals surface area (Å²) in [7, 11) is 0. The van der Waals surface area contributed by atoms with Crippen molar-refractivity contribution in [3.63, 3.8) is 0 Å². The summed E-state index contributed by atoms with van der Waals surface area (Å²) in [6.45, 7) is 6.85. The fourth-order valence-electron chi connectivity index (χ4n) is 0.801. The number of halogens is 3. The summed E-state index contributed by atoms with van der Waals surface area (Å²) in [4.78, 5) is 0. The van der Waals surface area contributed by atoms with Gasteiger partial charge >= 0.3 is 6.36 Å². The summed E-state index contributed by atoms with van der Waals surface area (Å²) in [5.74, 6) is -0.412. The second kappa shape index (κ2) is 5.52. The van der Waals surface area contributed by atoms with E-state index in [0.717, 1.165) is 12.0 Å². The molecule has 0 amide bonds. The Hall–Kier alpha value is -1.19. The van der Waals surface area contributed by atoms with Gasteiger partial charge in [-0.05, 0) is 19.4 Å². The minimum absolute atomic E-state index is 0.412. The molecule has 0 spiro atoms. The van der Waals surface area contributed by atoms with Crippen LogP contribution in [0, 0.1) is 0 Å². The highest BCUT2D eigenvalue weighted by Gasteiger charge is 2.30. The van der Waals surface area contributed by atoms with Gasteiger partial charge in [-0.1, -0.05) is 31.2 Å². The lowest BCUT2D eigenvalue weighted by molar-refractivity contribution is -0.303. The molecule has 0 N–H and O–H groups in total. The highest BCUT2D eigenvalue weighted by Crippen LogP contribution is 2.20. The number of hydrogen-bond acceptors (Lipinski definition) is 1. The van der Waals surface area contributed by atoms with E-state index >= 15 is 0 Å². The lowest BCUT2D eigenvalue weighted by Gasteiger charge is -2.07. The molecule has 0 radical (unpaired) electrons. The average Bonchev–Trinajstić information content (AvgIpc) is 2.03. The zero-order chi connectivity index (χ0) is 11.2. The van der Waals surface area contributed by atoms with Crippen LogP contribution in [0.5, 0.6) is 0 Å². The maximum Gasteiger partial charge on any atom is 0.573 e. The lowest BCUT2D eigenvalue weighted by Crippen LogP contribution is -2.11. The second-order valence-electron chi connectivity index (χ2n) is 2.56. The Bertz CT molecular complexity index is 249. The van der Waals surface area contributed by atoms with Gasteiger partial charge in [0, 0.05) is 0 Å². The van der Waals surface area contributed by atoms with E-state index in [-0.39, 0.29) is 0 Å². The summed E-state index contributed by atoms with van der Waals surface area (Å²) >= 11 is 0. The van der Waals surface area contributed by atoms with Gasteiger partial charge in [0.2, 0.25) is 0 Å². The molecule has 4 heteroatoms. The monoisotopic (exact) mass is 206 g/mol. The van der Waals surface area contributed by atoms with E-state index in [4.69, 9.17) is 0 Å². The molecule has 0 rings (SSSR count). The number of allylic oxidation sites excluding steroid dienone is 4. The highest BCUT2D eigenvalue weighted by molar-refractivity contribution is 5.23. The van der Waals surface area contributed by atoms with Crippen molar-refractivity contribution in [2.24, 2.45) is 0 Å². The van der Waals surface area contributed by atoms with E-state index < -0.39 is 12.1 Å². The maximum absolute atomic E-state index is 11.7. The fourth-order valence-corrected chi connectivity index (χ4v) is 0.801. The van der Waals surface area contributed by atoms with Crippen LogP contribution < -0.4 is 0 Å². The first-order chi connectivity index (χ1) is 6.39. The van der Waals surface area contributed by atoms with Crippen molar-refractivity contribution in [1.82, 2.24) is 0 Å². The van der Waals surface area contributed by atoms with E-state index in [2.05, 4.69) is 11.3 Å². The first kappa shape index (κ1) is 12.8. The smallest absolute Gasteiger partial charge is 0.406 e. The van der Waals surface area contributed by atoms with Crippen molar-refractivity contribution >= 4 is 0 Å². The van der Waals surface area contributed by atoms with Crippen LogP contribution in [0.3, 0.4) is 0 Å². The second-order valence-corrected chi connectivity index (χ2v) is 2.56. The minimum Gasteiger partial charge on any atom is -0.406 e. The number of ether oxygens (including phenoxy) is 1. The van der Waals surface area contributed by atoms with E-state index in [0.29, 0.717) is 0 Å². The Morgan fingerprint density at radius 3 is 2.29 bits per heavy atom. The summed E-state index contributed by atoms with van der Waals surface area (Å²) in [6.07, 6.45) is 0.661. The molecule has 0 aromatic rings. The molecule has 0 aromatic heterocycles. The number of rotatable bonds is 4. The van der Waals surface area contributed by atoms with Crippen LogP contribution in [0.15, 0.2) is 36.1 Å². The molecule has 0 saturated heterocycles. The molecule has 1 nitrogen and oxygen atoms in total. The molecule has 14 heavy (non-hydrogen) atoms. The van der Waals surface area contributed by atoms with Crippen LogP contribution >= 0.6 is 0 Å². The van der Waals surface area contributed by atoms with Gasteiger partial charge in [0.1, 0.15) is 5.76 Å².